The molecule has 26 heavy (non-hydrogen) atoms. The van der Waals surface area contributed by atoms with Crippen LogP contribution >= 0.6 is 15.9 Å². The van der Waals surface area contributed by atoms with Crippen LogP contribution < -0.4 is 16.0 Å². The van der Waals surface area contributed by atoms with E-state index >= 15 is 0 Å². The number of carbonyl (C=O) groups excluding carboxylic acids is 2. The van der Waals surface area contributed by atoms with Gasteiger partial charge in [0, 0.05) is 17.6 Å². The molecule has 2 aromatic rings. The second-order valence-electron chi connectivity index (χ2n) is 6.38. The minimum atomic E-state index is -0.599. The zero-order chi connectivity index (χ0) is 18.9. The van der Waals surface area contributed by atoms with Crippen LogP contribution in [0.25, 0.3) is 0 Å². The van der Waals surface area contributed by atoms with Crippen molar-refractivity contribution >= 4 is 27.9 Å². The smallest absolute Gasteiger partial charge is 0.315 e. The maximum atomic E-state index is 12.5. The number of amides is 3. The first-order valence-electron chi connectivity index (χ1n) is 8.56. The molecule has 1 unspecified atom stereocenters. The van der Waals surface area contributed by atoms with Gasteiger partial charge in [-0.1, -0.05) is 72.2 Å². The molecule has 0 aliphatic rings. The Hall–Kier alpha value is -2.34. The van der Waals surface area contributed by atoms with Gasteiger partial charge in [0.25, 0.3) is 0 Å². The molecule has 3 N–H and O–H groups in total. The van der Waals surface area contributed by atoms with E-state index in [1.54, 1.807) is 0 Å². The van der Waals surface area contributed by atoms with Gasteiger partial charge in [-0.2, -0.15) is 0 Å². The molecule has 0 saturated heterocycles. The van der Waals surface area contributed by atoms with Crippen molar-refractivity contribution in [3.63, 3.8) is 0 Å². The highest BCUT2D eigenvalue weighted by Crippen LogP contribution is 2.11. The lowest BCUT2D eigenvalue weighted by atomic mass is 10.0. The van der Waals surface area contributed by atoms with Gasteiger partial charge in [-0.3, -0.25) is 4.79 Å². The third kappa shape index (κ3) is 6.52. The molecule has 5 nitrogen and oxygen atoms in total. The van der Waals surface area contributed by atoms with Crippen LogP contribution in [0.4, 0.5) is 4.79 Å². The molecular weight excluding hydrogens is 394 g/mol. The Kier molecular flexibility index (Phi) is 7.66. The molecule has 0 heterocycles. The van der Waals surface area contributed by atoms with Crippen molar-refractivity contribution in [2.75, 3.05) is 0 Å². The standard InChI is InChI=1S/C20H24BrN3O2/c1-14(2)18(19(25)22-13-16-9-6-10-17(21)11-16)24-20(26)23-12-15-7-4-3-5-8-15/h3-11,14,18H,12-13H2,1-2H3,(H,22,25)(H2,23,24,26). The van der Waals surface area contributed by atoms with Gasteiger partial charge in [0.05, 0.1) is 0 Å². The maximum Gasteiger partial charge on any atom is 0.315 e. The molecule has 3 amide bonds. The minimum absolute atomic E-state index is 0.0278. The summed E-state index contributed by atoms with van der Waals surface area (Å²) in [7, 11) is 0. The number of hydrogen-bond acceptors (Lipinski definition) is 2. The molecule has 138 valence electrons. The van der Waals surface area contributed by atoms with Gasteiger partial charge in [-0.05, 0) is 29.2 Å². The van der Waals surface area contributed by atoms with E-state index in [-0.39, 0.29) is 17.9 Å². The highest BCUT2D eigenvalue weighted by Gasteiger charge is 2.23. The van der Waals surface area contributed by atoms with Crippen LogP contribution in [0.5, 0.6) is 0 Å². The third-order valence-corrected chi connectivity index (χ3v) is 4.38. The monoisotopic (exact) mass is 417 g/mol. The fraction of sp³-hybridized carbons (Fsp3) is 0.300. The van der Waals surface area contributed by atoms with Gasteiger partial charge >= 0.3 is 6.03 Å². The van der Waals surface area contributed by atoms with Gasteiger partial charge in [0.1, 0.15) is 6.04 Å². The van der Waals surface area contributed by atoms with Crippen molar-refractivity contribution < 1.29 is 9.59 Å². The van der Waals surface area contributed by atoms with Crippen molar-refractivity contribution in [1.29, 1.82) is 0 Å². The van der Waals surface area contributed by atoms with Crippen molar-refractivity contribution in [2.45, 2.75) is 33.0 Å². The molecule has 0 saturated carbocycles. The first kappa shape index (κ1) is 20.0. The lowest BCUT2D eigenvalue weighted by Gasteiger charge is -2.22. The summed E-state index contributed by atoms with van der Waals surface area (Å²) in [5, 5.41) is 8.43. The first-order valence-corrected chi connectivity index (χ1v) is 9.35. The van der Waals surface area contributed by atoms with Crippen molar-refractivity contribution in [3.8, 4) is 0 Å². The summed E-state index contributed by atoms with van der Waals surface area (Å²) in [6, 6.07) is 16.4. The molecule has 0 aliphatic heterocycles. The lowest BCUT2D eigenvalue weighted by Crippen LogP contribution is -2.52. The Morgan fingerprint density at radius 1 is 0.923 bits per heavy atom. The van der Waals surface area contributed by atoms with Crippen molar-refractivity contribution in [2.24, 2.45) is 5.92 Å². The van der Waals surface area contributed by atoms with Gasteiger partial charge in [-0.15, -0.1) is 0 Å². The number of halogens is 1. The summed E-state index contributed by atoms with van der Waals surface area (Å²) in [4.78, 5) is 24.6. The number of rotatable bonds is 7. The van der Waals surface area contributed by atoms with Crippen LogP contribution in [0, 0.1) is 5.92 Å². The maximum absolute atomic E-state index is 12.5. The lowest BCUT2D eigenvalue weighted by molar-refractivity contribution is -0.124. The summed E-state index contributed by atoms with van der Waals surface area (Å²) in [5.74, 6) is -0.227. The largest absolute Gasteiger partial charge is 0.350 e. The average molecular weight is 418 g/mol. The Morgan fingerprint density at radius 3 is 2.23 bits per heavy atom. The first-order chi connectivity index (χ1) is 12.5. The Morgan fingerprint density at radius 2 is 1.58 bits per heavy atom. The van der Waals surface area contributed by atoms with E-state index in [1.807, 2.05) is 68.4 Å². The van der Waals surface area contributed by atoms with Crippen LogP contribution in [0.2, 0.25) is 0 Å². The highest BCUT2D eigenvalue weighted by atomic mass is 79.9. The molecular formula is C20H24BrN3O2. The van der Waals surface area contributed by atoms with Crippen LogP contribution in [-0.4, -0.2) is 18.0 Å². The zero-order valence-electron chi connectivity index (χ0n) is 15.0. The van der Waals surface area contributed by atoms with Crippen LogP contribution in [0.1, 0.15) is 25.0 Å². The van der Waals surface area contributed by atoms with E-state index < -0.39 is 6.04 Å². The summed E-state index contributed by atoms with van der Waals surface area (Å²) in [5.41, 5.74) is 1.99. The van der Waals surface area contributed by atoms with Crippen molar-refractivity contribution in [3.05, 3.63) is 70.2 Å². The Labute approximate surface area is 162 Å². The van der Waals surface area contributed by atoms with E-state index in [0.717, 1.165) is 15.6 Å². The SMILES string of the molecule is CC(C)C(NC(=O)NCc1ccccc1)C(=O)NCc1cccc(Br)c1. The number of carbonyl (C=O) groups is 2. The minimum Gasteiger partial charge on any atom is -0.350 e. The molecule has 0 bridgehead atoms. The summed E-state index contributed by atoms with van der Waals surface area (Å²) >= 11 is 3.41. The Balaban J connectivity index is 1.86. The van der Waals surface area contributed by atoms with Gasteiger partial charge in [0.15, 0.2) is 0 Å². The van der Waals surface area contributed by atoms with E-state index in [9.17, 15) is 9.59 Å². The topological polar surface area (TPSA) is 70.2 Å². The molecule has 0 aliphatic carbocycles. The molecule has 0 aromatic heterocycles. The van der Waals surface area contributed by atoms with Crippen LogP contribution in [-0.2, 0) is 17.9 Å². The van der Waals surface area contributed by atoms with Crippen LogP contribution in [0.15, 0.2) is 59.1 Å². The molecule has 0 radical (unpaired) electrons. The molecule has 1 atom stereocenters. The van der Waals surface area contributed by atoms with E-state index in [2.05, 4.69) is 31.9 Å². The fourth-order valence-electron chi connectivity index (χ4n) is 2.45. The molecule has 2 aromatic carbocycles. The molecule has 0 spiro atoms. The second kappa shape index (κ2) is 9.97. The number of benzene rings is 2. The van der Waals surface area contributed by atoms with E-state index in [4.69, 9.17) is 0 Å². The van der Waals surface area contributed by atoms with Gasteiger partial charge in [-0.25, -0.2) is 4.79 Å². The van der Waals surface area contributed by atoms with E-state index in [1.165, 1.54) is 0 Å². The summed E-state index contributed by atoms with van der Waals surface area (Å²) in [6.45, 7) is 4.63. The quantitative estimate of drug-likeness (QED) is 0.643. The highest BCUT2D eigenvalue weighted by molar-refractivity contribution is 9.10. The zero-order valence-corrected chi connectivity index (χ0v) is 16.5. The predicted octanol–water partition coefficient (Wildman–Crippen LogP) is 3.59. The Bertz CT molecular complexity index is 735. The van der Waals surface area contributed by atoms with Crippen molar-refractivity contribution in [1.82, 2.24) is 16.0 Å². The summed E-state index contributed by atoms with van der Waals surface area (Å²) < 4.78 is 0.961. The summed E-state index contributed by atoms with van der Waals surface area (Å²) in [6.07, 6.45) is 0. The third-order valence-electron chi connectivity index (χ3n) is 3.89. The average Bonchev–Trinajstić information content (AvgIpc) is 2.63. The second-order valence-corrected chi connectivity index (χ2v) is 7.30. The van der Waals surface area contributed by atoms with Crippen LogP contribution in [0.3, 0.4) is 0 Å². The van der Waals surface area contributed by atoms with Gasteiger partial charge < -0.3 is 16.0 Å². The molecule has 6 heteroatoms. The van der Waals surface area contributed by atoms with Gasteiger partial charge in [0.2, 0.25) is 5.91 Å². The fourth-order valence-corrected chi connectivity index (χ4v) is 2.90. The molecule has 2 rings (SSSR count). The number of urea groups is 1. The predicted molar refractivity (Wildman–Crippen MR) is 106 cm³/mol. The normalized spacial score (nSPS) is 11.7. The number of hydrogen-bond donors (Lipinski definition) is 3. The number of nitrogens with one attached hydrogen (secondary N) is 3. The molecule has 0 fully saturated rings. The van der Waals surface area contributed by atoms with E-state index in [0.29, 0.717) is 13.1 Å².